The van der Waals surface area contributed by atoms with Gasteiger partial charge in [0, 0.05) is 127 Å². The summed E-state index contributed by atoms with van der Waals surface area (Å²) >= 11 is 4.60. The molecule has 0 unspecified atom stereocenters. The summed E-state index contributed by atoms with van der Waals surface area (Å²) in [5.74, 6) is -2.19. The van der Waals surface area contributed by atoms with Gasteiger partial charge in [-0.05, 0) is 165 Å². The molecule has 0 bridgehead atoms. The van der Waals surface area contributed by atoms with E-state index in [0.29, 0.717) is 58.4 Å². The van der Waals surface area contributed by atoms with Crippen LogP contribution in [-0.2, 0) is 84.0 Å². The fourth-order valence-corrected chi connectivity index (χ4v) is 21.1. The molecule has 12 rings (SSSR count). The van der Waals surface area contributed by atoms with Crippen LogP contribution in [0.25, 0.3) is 30.3 Å². The van der Waals surface area contributed by atoms with Crippen molar-refractivity contribution in [2.45, 2.75) is 142 Å². The van der Waals surface area contributed by atoms with Crippen LogP contribution in [0.2, 0.25) is 0 Å². The minimum Gasteiger partial charge on any atom is -0.550 e. The smallest absolute Gasteiger partial charge is 0.550 e. The average molecular weight is 1690 g/mol. The number of anilines is 3. The summed E-state index contributed by atoms with van der Waals surface area (Å²) in [6, 6.07) is 48.8. The number of piperazine rings is 3. The largest absolute Gasteiger partial charge is 1.00 e. The van der Waals surface area contributed by atoms with Gasteiger partial charge in [-0.1, -0.05) is 144 Å². The van der Waals surface area contributed by atoms with E-state index in [-0.39, 0.29) is 88.9 Å². The predicted octanol–water partition coefficient (Wildman–Crippen LogP) is 10.2. The van der Waals surface area contributed by atoms with E-state index < -0.39 is 60.2 Å². The number of aryl methyl sites for hydroxylation is 6. The van der Waals surface area contributed by atoms with Crippen LogP contribution >= 0.6 is 46.4 Å². The molecule has 0 saturated carbocycles. The molecule has 3 aromatic heterocycles. The molecule has 0 spiro atoms. The molecular weight excluding hydrogens is 1590 g/mol. The Morgan fingerprint density at radius 2 is 0.726 bits per heavy atom. The van der Waals surface area contributed by atoms with Gasteiger partial charge in [0.05, 0.1) is 19.6 Å². The molecule has 0 aliphatic carbocycles. The Morgan fingerprint density at radius 1 is 0.460 bits per heavy atom. The fourth-order valence-electron chi connectivity index (χ4n) is 11.8. The van der Waals surface area contributed by atoms with Crippen LogP contribution in [0.5, 0.6) is 0 Å². The standard InChI is InChI=1S/C26H33N3O4S2.C24H31N3O2S2.C21H25N3O2S2.C4H6O4.C3H6O.C2H4O2.B.ClH.Na/c1-19-10-12-21(13-11-19)18-29(24-20(2)22-8-6-7-9-23(22)34-24)35(31,32)28-16-14-27(15-17-28)25(30)33-26(3,4)5;1-18(2)25-13-15-26(16-14-25)31(28,29)27(17-21-11-9-19(3)10-12-21)24-20(4)22-7-5-6-8-23(22)30-24;1-16-7-9-18(10-8-16)15-24(28(25,26)23-13-11-22-12-14-23)21-17(2)19-5-3-4-6-20(19)27-21;1-3(5)7-8-4(2)6;1-3(2)4;1-2(3)4;;;/h6-13H,14-18H2,1-5H3;5-12,18H,13-17H2,1-4H3;3-10,22H,11-15H2,1-2H3;1-2H3;1-2H3;1H3,(H,3,4);;1H;/q;;;;;;;;+1/p-1. The molecule has 24 nitrogen and oxygen atoms in total. The van der Waals surface area contributed by atoms with Gasteiger partial charge in [-0.3, -0.25) is 4.90 Å². The summed E-state index contributed by atoms with van der Waals surface area (Å²) in [6.45, 7) is 35.1. The Morgan fingerprint density at radius 3 is 0.982 bits per heavy atom. The molecule has 3 radical (unpaired) electrons. The van der Waals surface area contributed by atoms with Crippen LogP contribution in [0.1, 0.15) is 119 Å². The number of carboxylic acid groups (broad SMARTS) is 1. The summed E-state index contributed by atoms with van der Waals surface area (Å²) in [5.41, 5.74) is 8.76. The Labute approximate surface area is 710 Å². The molecule has 3 aliphatic heterocycles. The molecule has 113 heavy (non-hydrogen) atoms. The van der Waals surface area contributed by atoms with E-state index >= 15 is 0 Å². The quantitative estimate of drug-likeness (QED) is 0.0535. The van der Waals surface area contributed by atoms with E-state index in [1.54, 1.807) is 44.8 Å². The van der Waals surface area contributed by atoms with Crippen molar-refractivity contribution in [3.63, 3.8) is 0 Å². The van der Waals surface area contributed by atoms with Crippen molar-refractivity contribution in [2.75, 3.05) is 91.5 Å². The second-order valence-corrected chi connectivity index (χ2v) is 36.8. The number of thiophene rings is 3. The first-order valence-electron chi connectivity index (χ1n) is 36.2. The molecule has 1 N–H and O–H groups in total. The Bertz CT molecular complexity index is 4920. The number of benzene rings is 6. The summed E-state index contributed by atoms with van der Waals surface area (Å²) < 4.78 is 101. The van der Waals surface area contributed by atoms with Crippen molar-refractivity contribution in [1.29, 1.82) is 0 Å². The monoisotopic (exact) mass is 1690 g/mol. The number of aliphatic carboxylic acids is 1. The van der Waals surface area contributed by atoms with Gasteiger partial charge in [0.15, 0.2) is 0 Å². The van der Waals surface area contributed by atoms with Crippen LogP contribution in [0, 0.1) is 41.5 Å². The van der Waals surface area contributed by atoms with Gasteiger partial charge in [0.1, 0.15) is 26.4 Å². The number of nitrogens with one attached hydrogen (secondary N) is 1. The number of carbonyl (C=O) groups is 5. The number of carbonyl (C=O) groups excluding carboxylic acids is 5. The fraction of sp³-hybridized carbons (Fsp3) is 0.412. The number of carboxylic acids is 1. The number of hydrogen-bond donors (Lipinski definition) is 1. The number of amides is 1. The van der Waals surface area contributed by atoms with Crippen molar-refractivity contribution in [3.8, 4) is 0 Å². The zero-order valence-corrected chi connectivity index (χ0v) is 75.4. The number of hydrogen-bond acceptors (Lipinski definition) is 20. The zero-order valence-electron chi connectivity index (χ0n) is 67.7. The van der Waals surface area contributed by atoms with Crippen molar-refractivity contribution in [1.82, 2.24) is 28.0 Å². The second-order valence-electron chi connectivity index (χ2n) is 28.2. The first-order chi connectivity index (χ1) is 51.8. The van der Waals surface area contributed by atoms with E-state index in [0.717, 1.165) is 118 Å². The summed E-state index contributed by atoms with van der Waals surface area (Å²) in [5, 5.41) is 17.8. The van der Waals surface area contributed by atoms with Crippen LogP contribution in [0.15, 0.2) is 146 Å². The number of ether oxygens (including phenoxy) is 1. The maximum Gasteiger partial charge on any atom is 1.00 e. The third kappa shape index (κ3) is 28.4. The number of nitrogens with zero attached hydrogens (tertiary/aromatic N) is 8. The number of fused-ring (bicyclic) bond motifs is 3. The van der Waals surface area contributed by atoms with E-state index in [2.05, 4.69) is 58.1 Å². The predicted molar refractivity (Wildman–Crippen MR) is 454 cm³/mol. The molecule has 6 heterocycles. The number of rotatable bonds is 16. The van der Waals surface area contributed by atoms with Gasteiger partial charge in [0.2, 0.25) is 0 Å². The summed E-state index contributed by atoms with van der Waals surface area (Å²) in [6.07, 6.45) is -0.411. The van der Waals surface area contributed by atoms with Crippen molar-refractivity contribution >= 4 is 161 Å². The van der Waals surface area contributed by atoms with Gasteiger partial charge >= 0.3 is 78.2 Å². The molecule has 3 fully saturated rings. The molecule has 9 aromatic rings. The summed E-state index contributed by atoms with van der Waals surface area (Å²) in [7, 11) is -11.1. The Balaban J connectivity index is 0.000000322. The van der Waals surface area contributed by atoms with E-state index in [1.807, 2.05) is 184 Å². The van der Waals surface area contributed by atoms with Gasteiger partial charge in [-0.2, -0.15) is 38.2 Å². The molecule has 33 heteroatoms. The normalized spacial score (nSPS) is 14.2. The second kappa shape index (κ2) is 44.9. The molecule has 3 aliphatic rings. The minimum atomic E-state index is -3.84. The molecule has 1 amide bonds. The van der Waals surface area contributed by atoms with Gasteiger partial charge < -0.3 is 29.6 Å². The summed E-state index contributed by atoms with van der Waals surface area (Å²) in [4.78, 5) is 62.0. The SMILES string of the molecule is CC(=O)OOC(C)=O.CC(=O)[O-].CC(C)=O.Cc1ccc(CN(c2sc3ccccc3c2C)S(=O)(=O)N2CCN(C(=O)OC(C)(C)C)CC2)cc1.Cc1ccc(CN(c2sc3ccccc3c2C)S(=O)(=O)N2CCN(C(C)C)CC2)cc1.Cc1ccc(CN(c2sc3ccccc3c2C)S(=O)(=O)N2CCNCC2)cc1.Cl.[B].[Na+]. The molecule has 0 atom stereocenters. The van der Waals surface area contributed by atoms with Crippen molar-refractivity contribution in [2.24, 2.45) is 0 Å². The van der Waals surface area contributed by atoms with Gasteiger partial charge in [0.25, 0.3) is 0 Å². The van der Waals surface area contributed by atoms with E-state index in [9.17, 15) is 44.4 Å². The van der Waals surface area contributed by atoms with Crippen LogP contribution < -0.4 is 52.9 Å². The van der Waals surface area contributed by atoms with Crippen LogP contribution in [0.3, 0.4) is 0 Å². The maximum atomic E-state index is 14.0. The average Bonchev–Trinajstić information content (AvgIpc) is 1.65. The molecule has 3 saturated heterocycles. The molecular formula is C80H105BClN9NaO15S6. The first kappa shape index (κ1) is 98.3. The zero-order chi connectivity index (χ0) is 81.0. The number of ketones is 1. The Hall–Kier alpha value is -7.05. The Kier molecular flexibility index (Phi) is 39.1. The molecule has 6 aromatic carbocycles. The topological polar surface area (TPSA) is 276 Å². The maximum absolute atomic E-state index is 14.0. The van der Waals surface area contributed by atoms with E-state index in [1.165, 1.54) is 44.9 Å². The first-order valence-corrected chi connectivity index (χ1v) is 42.8. The molecule has 607 valence electrons. The third-order valence-electron chi connectivity index (χ3n) is 17.5. The van der Waals surface area contributed by atoms with Crippen LogP contribution in [-0.4, -0.2) is 176 Å². The van der Waals surface area contributed by atoms with Gasteiger partial charge in [-0.15, -0.1) is 46.4 Å². The van der Waals surface area contributed by atoms with E-state index in [4.69, 9.17) is 14.6 Å². The van der Waals surface area contributed by atoms with Gasteiger partial charge in [-0.25, -0.2) is 37.1 Å². The van der Waals surface area contributed by atoms with Crippen molar-refractivity contribution in [3.05, 3.63) is 196 Å². The van der Waals surface area contributed by atoms with Crippen molar-refractivity contribution < 1.29 is 98.4 Å². The number of Topliss-reactive ketones (excluding diaryl/α,β-unsaturated/α-hetero) is 1. The number of halogens is 1. The van der Waals surface area contributed by atoms with Crippen LogP contribution in [0.4, 0.5) is 19.8 Å². The third-order valence-corrected chi connectivity index (χ3v) is 27.4. The minimum absolute atomic E-state index is 0.